The second-order valence-electron chi connectivity index (χ2n) is 4.26. The van der Waals surface area contributed by atoms with Crippen molar-refractivity contribution in [2.75, 3.05) is 33.2 Å². The maximum atomic E-state index is 4.06. The summed E-state index contributed by atoms with van der Waals surface area (Å²) in [4.78, 5) is 2.52. The topological polar surface area (TPSA) is 15.3 Å². The van der Waals surface area contributed by atoms with Crippen LogP contribution in [0.4, 0.5) is 0 Å². The molecule has 1 N–H and O–H groups in total. The molecule has 13 heavy (non-hydrogen) atoms. The van der Waals surface area contributed by atoms with E-state index in [-0.39, 0.29) is 0 Å². The van der Waals surface area contributed by atoms with Crippen molar-refractivity contribution in [1.82, 2.24) is 10.2 Å². The number of hydrogen-bond donors (Lipinski definition) is 1. The van der Waals surface area contributed by atoms with Gasteiger partial charge in [-0.2, -0.15) is 0 Å². The summed E-state index contributed by atoms with van der Waals surface area (Å²) in [5.41, 5.74) is 1.30. The minimum absolute atomic E-state index is 0.871. The van der Waals surface area contributed by atoms with Crippen molar-refractivity contribution in [3.63, 3.8) is 0 Å². The SMILES string of the molecule is C=C(CNC)CN1CCCC(C)C1. The van der Waals surface area contributed by atoms with Gasteiger partial charge in [0.15, 0.2) is 0 Å². The molecule has 2 heteroatoms. The van der Waals surface area contributed by atoms with Crippen molar-refractivity contribution < 1.29 is 0 Å². The predicted octanol–water partition coefficient (Wildman–Crippen LogP) is 1.49. The van der Waals surface area contributed by atoms with E-state index in [1.165, 1.54) is 31.5 Å². The molecule has 1 unspecified atom stereocenters. The summed E-state index contributed by atoms with van der Waals surface area (Å²) in [5.74, 6) is 0.871. The van der Waals surface area contributed by atoms with Gasteiger partial charge in [0, 0.05) is 19.6 Å². The molecule has 2 nitrogen and oxygen atoms in total. The van der Waals surface area contributed by atoms with Crippen LogP contribution in [0.3, 0.4) is 0 Å². The van der Waals surface area contributed by atoms with Gasteiger partial charge in [0.25, 0.3) is 0 Å². The lowest BCUT2D eigenvalue weighted by Gasteiger charge is -2.31. The standard InChI is InChI=1S/C11H22N2/c1-10-5-4-6-13(8-10)9-11(2)7-12-3/h10,12H,2,4-9H2,1,3H3. The van der Waals surface area contributed by atoms with E-state index in [0.29, 0.717) is 0 Å². The van der Waals surface area contributed by atoms with Crippen LogP contribution in [0.5, 0.6) is 0 Å². The number of rotatable bonds is 4. The van der Waals surface area contributed by atoms with Gasteiger partial charge >= 0.3 is 0 Å². The zero-order valence-corrected chi connectivity index (χ0v) is 8.97. The molecule has 1 atom stereocenters. The Morgan fingerprint density at radius 3 is 3.00 bits per heavy atom. The highest BCUT2D eigenvalue weighted by Crippen LogP contribution is 2.15. The lowest BCUT2D eigenvalue weighted by atomic mass is 10.00. The summed E-state index contributed by atoms with van der Waals surface area (Å²) >= 11 is 0. The maximum absolute atomic E-state index is 4.06. The van der Waals surface area contributed by atoms with Crippen LogP contribution in [-0.4, -0.2) is 38.1 Å². The second-order valence-corrected chi connectivity index (χ2v) is 4.26. The fourth-order valence-corrected chi connectivity index (χ4v) is 2.05. The molecule has 1 aliphatic rings. The van der Waals surface area contributed by atoms with Crippen molar-refractivity contribution >= 4 is 0 Å². The Morgan fingerprint density at radius 1 is 1.62 bits per heavy atom. The molecular formula is C11H22N2. The number of likely N-dealkylation sites (N-methyl/N-ethyl adjacent to an activating group) is 1. The first-order chi connectivity index (χ1) is 6.22. The zero-order chi connectivity index (χ0) is 9.68. The fourth-order valence-electron chi connectivity index (χ4n) is 2.05. The Morgan fingerprint density at radius 2 is 2.38 bits per heavy atom. The molecule has 1 rings (SSSR count). The van der Waals surface area contributed by atoms with E-state index in [2.05, 4.69) is 23.7 Å². The maximum Gasteiger partial charge on any atom is 0.0202 e. The van der Waals surface area contributed by atoms with E-state index in [4.69, 9.17) is 0 Å². The summed E-state index contributed by atoms with van der Waals surface area (Å²) < 4.78 is 0. The smallest absolute Gasteiger partial charge is 0.0202 e. The van der Waals surface area contributed by atoms with E-state index in [1.54, 1.807) is 0 Å². The van der Waals surface area contributed by atoms with E-state index < -0.39 is 0 Å². The van der Waals surface area contributed by atoms with Crippen LogP contribution in [0.1, 0.15) is 19.8 Å². The average Bonchev–Trinajstić information content (AvgIpc) is 2.04. The third-order valence-electron chi connectivity index (χ3n) is 2.62. The van der Waals surface area contributed by atoms with Crippen molar-refractivity contribution in [3.05, 3.63) is 12.2 Å². The molecule has 1 fully saturated rings. The predicted molar refractivity (Wildman–Crippen MR) is 57.9 cm³/mol. The van der Waals surface area contributed by atoms with E-state index in [9.17, 15) is 0 Å². The number of hydrogen-bond acceptors (Lipinski definition) is 2. The van der Waals surface area contributed by atoms with Crippen molar-refractivity contribution in [2.24, 2.45) is 5.92 Å². The van der Waals surface area contributed by atoms with Gasteiger partial charge in [0.1, 0.15) is 0 Å². The molecule has 1 saturated heterocycles. The third kappa shape index (κ3) is 3.92. The fraction of sp³-hybridized carbons (Fsp3) is 0.818. The normalized spacial score (nSPS) is 24.6. The highest BCUT2D eigenvalue weighted by atomic mass is 15.1. The lowest BCUT2D eigenvalue weighted by Crippen LogP contribution is -2.36. The molecule has 0 aromatic carbocycles. The van der Waals surface area contributed by atoms with Gasteiger partial charge in [-0.15, -0.1) is 0 Å². The van der Waals surface area contributed by atoms with Crippen LogP contribution < -0.4 is 5.32 Å². The van der Waals surface area contributed by atoms with Crippen LogP contribution >= 0.6 is 0 Å². The summed E-state index contributed by atoms with van der Waals surface area (Å²) in [7, 11) is 1.98. The Kier molecular flexibility index (Phi) is 4.46. The van der Waals surface area contributed by atoms with Crippen molar-refractivity contribution in [2.45, 2.75) is 19.8 Å². The minimum Gasteiger partial charge on any atom is -0.316 e. The number of nitrogens with one attached hydrogen (secondary N) is 1. The van der Waals surface area contributed by atoms with Crippen LogP contribution in [0.25, 0.3) is 0 Å². The zero-order valence-electron chi connectivity index (χ0n) is 8.97. The second kappa shape index (κ2) is 5.40. The first kappa shape index (κ1) is 10.7. The molecule has 1 aliphatic heterocycles. The molecule has 0 aliphatic carbocycles. The third-order valence-corrected chi connectivity index (χ3v) is 2.62. The Balaban J connectivity index is 2.23. The van der Waals surface area contributed by atoms with Gasteiger partial charge in [-0.1, -0.05) is 13.5 Å². The highest BCUT2D eigenvalue weighted by Gasteiger charge is 2.15. The van der Waals surface area contributed by atoms with E-state index >= 15 is 0 Å². The van der Waals surface area contributed by atoms with Crippen LogP contribution in [-0.2, 0) is 0 Å². The largest absolute Gasteiger partial charge is 0.316 e. The molecule has 0 radical (unpaired) electrons. The molecule has 1 heterocycles. The van der Waals surface area contributed by atoms with E-state index in [0.717, 1.165) is 19.0 Å². The number of nitrogens with zero attached hydrogens (tertiary/aromatic N) is 1. The molecule has 0 bridgehead atoms. The van der Waals surface area contributed by atoms with Crippen LogP contribution in [0.15, 0.2) is 12.2 Å². The number of piperidine rings is 1. The van der Waals surface area contributed by atoms with E-state index in [1.807, 2.05) is 7.05 Å². The van der Waals surface area contributed by atoms with Gasteiger partial charge in [-0.25, -0.2) is 0 Å². The molecular weight excluding hydrogens is 160 g/mol. The first-order valence-electron chi connectivity index (χ1n) is 5.26. The van der Waals surface area contributed by atoms with Gasteiger partial charge in [-0.3, -0.25) is 4.90 Å². The van der Waals surface area contributed by atoms with Crippen molar-refractivity contribution in [1.29, 1.82) is 0 Å². The molecule has 76 valence electrons. The number of likely N-dealkylation sites (tertiary alicyclic amines) is 1. The van der Waals surface area contributed by atoms with Gasteiger partial charge in [-0.05, 0) is 37.9 Å². The summed E-state index contributed by atoms with van der Waals surface area (Å²) in [6.07, 6.45) is 2.75. The van der Waals surface area contributed by atoms with Crippen LogP contribution in [0.2, 0.25) is 0 Å². The Bertz CT molecular complexity index is 165. The minimum atomic E-state index is 0.871. The summed E-state index contributed by atoms with van der Waals surface area (Å²) in [6.45, 7) is 10.9. The Labute approximate surface area is 82.0 Å². The molecule has 0 amide bonds. The van der Waals surface area contributed by atoms with Crippen LogP contribution in [0, 0.1) is 5.92 Å². The van der Waals surface area contributed by atoms with Crippen molar-refractivity contribution in [3.8, 4) is 0 Å². The highest BCUT2D eigenvalue weighted by molar-refractivity contribution is 4.99. The van der Waals surface area contributed by atoms with Gasteiger partial charge < -0.3 is 5.32 Å². The summed E-state index contributed by atoms with van der Waals surface area (Å²) in [5, 5.41) is 3.14. The summed E-state index contributed by atoms with van der Waals surface area (Å²) in [6, 6.07) is 0. The Hall–Kier alpha value is -0.340. The quantitative estimate of drug-likeness (QED) is 0.663. The molecule has 0 aromatic heterocycles. The first-order valence-corrected chi connectivity index (χ1v) is 5.26. The molecule has 0 saturated carbocycles. The van der Waals surface area contributed by atoms with Gasteiger partial charge in [0.05, 0.1) is 0 Å². The lowest BCUT2D eigenvalue weighted by molar-refractivity contribution is 0.197. The molecule has 0 spiro atoms. The molecule has 0 aromatic rings. The monoisotopic (exact) mass is 182 g/mol. The van der Waals surface area contributed by atoms with Gasteiger partial charge in [0.2, 0.25) is 0 Å². The average molecular weight is 182 g/mol.